The van der Waals surface area contributed by atoms with Gasteiger partial charge in [0.1, 0.15) is 18.3 Å². The predicted octanol–water partition coefficient (Wildman–Crippen LogP) is 1.22. The van der Waals surface area contributed by atoms with E-state index in [1.165, 1.54) is 4.90 Å². The van der Waals surface area contributed by atoms with Gasteiger partial charge in [0.05, 0.1) is 0 Å². The van der Waals surface area contributed by atoms with Gasteiger partial charge in [-0.2, -0.15) is 13.2 Å². The molecule has 28 heavy (non-hydrogen) atoms. The van der Waals surface area contributed by atoms with Crippen LogP contribution in [0.15, 0.2) is 16.5 Å². The second kappa shape index (κ2) is 7.72. The van der Waals surface area contributed by atoms with Crippen LogP contribution in [0, 0.1) is 6.92 Å². The zero-order valence-corrected chi connectivity index (χ0v) is 15.3. The van der Waals surface area contributed by atoms with Crippen LogP contribution in [-0.4, -0.2) is 84.0 Å². The number of hydrogen-bond acceptors (Lipinski definition) is 4. The van der Waals surface area contributed by atoms with Gasteiger partial charge in [-0.1, -0.05) is 0 Å². The van der Waals surface area contributed by atoms with Gasteiger partial charge in [-0.15, -0.1) is 0 Å². The van der Waals surface area contributed by atoms with Crippen LogP contribution in [0.4, 0.5) is 18.0 Å². The van der Waals surface area contributed by atoms with Crippen molar-refractivity contribution >= 4 is 17.8 Å². The molecule has 0 spiro atoms. The number of rotatable bonds is 3. The van der Waals surface area contributed by atoms with Crippen molar-refractivity contribution in [3.8, 4) is 0 Å². The van der Waals surface area contributed by atoms with Crippen molar-refractivity contribution < 1.29 is 32.0 Å². The van der Waals surface area contributed by atoms with Crippen molar-refractivity contribution in [1.29, 1.82) is 0 Å². The second-order valence-corrected chi connectivity index (χ2v) is 6.86. The molecule has 3 heterocycles. The van der Waals surface area contributed by atoms with Crippen LogP contribution in [0.1, 0.15) is 22.7 Å². The standard InChI is InChI=1S/C17H21F3N4O4/c1-11-2-3-13(28-11)15(26)22-6-8-23(9-7-22)16(27)21-12-4-5-24(14(12)25)10-17(18,19)20/h2-3,12H,4-10H2,1H3,(H,21,27). The molecule has 0 saturated carbocycles. The molecule has 2 aliphatic rings. The van der Waals surface area contributed by atoms with E-state index in [4.69, 9.17) is 4.42 Å². The van der Waals surface area contributed by atoms with Gasteiger partial charge in [0.2, 0.25) is 5.91 Å². The van der Waals surface area contributed by atoms with Gasteiger partial charge in [0, 0.05) is 32.7 Å². The van der Waals surface area contributed by atoms with Gasteiger partial charge in [-0.05, 0) is 25.5 Å². The largest absolute Gasteiger partial charge is 0.456 e. The predicted molar refractivity (Wildman–Crippen MR) is 90.5 cm³/mol. The summed E-state index contributed by atoms with van der Waals surface area (Å²) in [7, 11) is 0. The lowest BCUT2D eigenvalue weighted by atomic mass is 10.2. The first kappa shape index (κ1) is 20.0. The fourth-order valence-electron chi connectivity index (χ4n) is 3.30. The number of likely N-dealkylation sites (tertiary alicyclic amines) is 1. The van der Waals surface area contributed by atoms with Crippen molar-refractivity contribution in [3.63, 3.8) is 0 Å². The number of urea groups is 1. The topological polar surface area (TPSA) is 86.1 Å². The molecule has 1 atom stereocenters. The molecule has 11 heteroatoms. The Balaban J connectivity index is 1.48. The number of nitrogens with zero attached hydrogens (tertiary/aromatic N) is 3. The third-order valence-corrected chi connectivity index (χ3v) is 4.77. The summed E-state index contributed by atoms with van der Waals surface area (Å²) in [6.45, 7) is 1.48. The molecule has 154 valence electrons. The third-order valence-electron chi connectivity index (χ3n) is 4.77. The average Bonchev–Trinajstić information content (AvgIpc) is 3.21. The third kappa shape index (κ3) is 4.57. The number of carbonyl (C=O) groups is 3. The van der Waals surface area contributed by atoms with Crippen LogP contribution in [0.25, 0.3) is 0 Å². The maximum absolute atomic E-state index is 12.5. The molecular formula is C17H21F3N4O4. The number of carbonyl (C=O) groups excluding carboxylic acids is 3. The van der Waals surface area contributed by atoms with Gasteiger partial charge in [-0.25, -0.2) is 4.79 Å². The average molecular weight is 402 g/mol. The maximum Gasteiger partial charge on any atom is 0.406 e. The molecule has 1 unspecified atom stereocenters. The molecule has 0 aromatic carbocycles. The lowest BCUT2D eigenvalue weighted by Crippen LogP contribution is -2.55. The van der Waals surface area contributed by atoms with Gasteiger partial charge in [0.15, 0.2) is 5.76 Å². The summed E-state index contributed by atoms with van der Waals surface area (Å²) >= 11 is 0. The summed E-state index contributed by atoms with van der Waals surface area (Å²) in [5.74, 6) is -0.131. The Bertz CT molecular complexity index is 756. The zero-order valence-electron chi connectivity index (χ0n) is 15.3. The lowest BCUT2D eigenvalue weighted by molar-refractivity contribution is -0.157. The fourth-order valence-corrected chi connectivity index (χ4v) is 3.30. The van der Waals surface area contributed by atoms with Crippen LogP contribution in [-0.2, 0) is 4.79 Å². The molecular weight excluding hydrogens is 381 g/mol. The van der Waals surface area contributed by atoms with E-state index in [1.54, 1.807) is 24.0 Å². The fraction of sp³-hybridized carbons (Fsp3) is 0.588. The van der Waals surface area contributed by atoms with Crippen molar-refractivity contribution in [2.45, 2.75) is 25.6 Å². The molecule has 0 bridgehead atoms. The van der Waals surface area contributed by atoms with E-state index in [0.717, 1.165) is 0 Å². The summed E-state index contributed by atoms with van der Waals surface area (Å²) in [6.07, 6.45) is -4.33. The number of alkyl halides is 3. The normalized spacial score (nSPS) is 20.6. The molecule has 2 aliphatic heterocycles. The Labute approximate surface area is 159 Å². The Morgan fingerprint density at radius 1 is 1.14 bits per heavy atom. The van der Waals surface area contributed by atoms with Crippen molar-refractivity contribution in [2.24, 2.45) is 0 Å². The number of aryl methyl sites for hydroxylation is 1. The lowest BCUT2D eigenvalue weighted by Gasteiger charge is -2.34. The van der Waals surface area contributed by atoms with E-state index in [0.29, 0.717) is 23.7 Å². The molecule has 2 saturated heterocycles. The Hall–Kier alpha value is -2.72. The first-order valence-corrected chi connectivity index (χ1v) is 8.91. The highest BCUT2D eigenvalue weighted by atomic mass is 19.4. The smallest absolute Gasteiger partial charge is 0.406 e. The summed E-state index contributed by atoms with van der Waals surface area (Å²) < 4.78 is 42.7. The Morgan fingerprint density at radius 2 is 1.79 bits per heavy atom. The summed E-state index contributed by atoms with van der Waals surface area (Å²) in [5, 5.41) is 2.50. The van der Waals surface area contributed by atoms with Crippen LogP contribution < -0.4 is 5.32 Å². The molecule has 3 rings (SSSR count). The minimum absolute atomic E-state index is 0.0475. The quantitative estimate of drug-likeness (QED) is 0.824. The van der Waals surface area contributed by atoms with E-state index < -0.39 is 30.7 Å². The number of halogens is 3. The maximum atomic E-state index is 12.5. The molecule has 1 aromatic rings. The van der Waals surface area contributed by atoms with Crippen LogP contribution in [0.3, 0.4) is 0 Å². The Kier molecular flexibility index (Phi) is 5.52. The molecule has 4 amide bonds. The first-order valence-electron chi connectivity index (χ1n) is 8.91. The molecule has 0 aliphatic carbocycles. The number of amides is 4. The second-order valence-electron chi connectivity index (χ2n) is 6.86. The minimum Gasteiger partial charge on any atom is -0.456 e. The van der Waals surface area contributed by atoms with Gasteiger partial charge in [-0.3, -0.25) is 9.59 Å². The zero-order chi connectivity index (χ0) is 20.5. The monoisotopic (exact) mass is 402 g/mol. The molecule has 8 nitrogen and oxygen atoms in total. The van der Waals surface area contributed by atoms with E-state index in [1.807, 2.05) is 0 Å². The van der Waals surface area contributed by atoms with Gasteiger partial charge >= 0.3 is 12.2 Å². The SMILES string of the molecule is Cc1ccc(C(=O)N2CCN(C(=O)NC3CCN(CC(F)(F)F)C3=O)CC2)o1. The number of hydrogen-bond donors (Lipinski definition) is 1. The van der Waals surface area contributed by atoms with E-state index in [2.05, 4.69) is 5.32 Å². The molecule has 0 radical (unpaired) electrons. The molecule has 1 N–H and O–H groups in total. The van der Waals surface area contributed by atoms with Crippen LogP contribution >= 0.6 is 0 Å². The Morgan fingerprint density at radius 3 is 2.36 bits per heavy atom. The van der Waals surface area contributed by atoms with Crippen LogP contribution in [0.5, 0.6) is 0 Å². The van der Waals surface area contributed by atoms with Crippen LogP contribution in [0.2, 0.25) is 0 Å². The van der Waals surface area contributed by atoms with E-state index in [-0.39, 0.29) is 37.7 Å². The van der Waals surface area contributed by atoms with Gasteiger partial charge < -0.3 is 24.4 Å². The highest BCUT2D eigenvalue weighted by molar-refractivity contribution is 5.92. The number of piperazine rings is 1. The summed E-state index contributed by atoms with van der Waals surface area (Å²) in [6, 6.07) is 1.81. The number of nitrogens with one attached hydrogen (secondary N) is 1. The van der Waals surface area contributed by atoms with Gasteiger partial charge in [0.25, 0.3) is 5.91 Å². The molecule has 1 aromatic heterocycles. The molecule has 2 fully saturated rings. The first-order chi connectivity index (χ1) is 13.1. The minimum atomic E-state index is -4.47. The van der Waals surface area contributed by atoms with E-state index >= 15 is 0 Å². The highest BCUT2D eigenvalue weighted by Crippen LogP contribution is 2.21. The number of furan rings is 1. The summed E-state index contributed by atoms with van der Waals surface area (Å²) in [4.78, 5) is 40.4. The van der Waals surface area contributed by atoms with E-state index in [9.17, 15) is 27.6 Å². The van der Waals surface area contributed by atoms with Crippen molar-refractivity contribution in [3.05, 3.63) is 23.7 Å². The van der Waals surface area contributed by atoms with Crippen molar-refractivity contribution in [2.75, 3.05) is 39.3 Å². The summed E-state index contributed by atoms with van der Waals surface area (Å²) in [5.41, 5.74) is 0. The van der Waals surface area contributed by atoms with Crippen molar-refractivity contribution in [1.82, 2.24) is 20.0 Å². The highest BCUT2D eigenvalue weighted by Gasteiger charge is 2.40.